The standard InChI is InChI=1S/C7H17FN2O2S/c1-7(2,6-9)10-13(11,12)5-3-4-8/h10H,3-6,9H2,1-2H3. The van der Waals surface area contributed by atoms with Crippen molar-refractivity contribution in [3.8, 4) is 0 Å². The number of hydrogen-bond acceptors (Lipinski definition) is 3. The van der Waals surface area contributed by atoms with E-state index in [9.17, 15) is 12.8 Å². The summed E-state index contributed by atoms with van der Waals surface area (Å²) < 4.78 is 36.6. The maximum Gasteiger partial charge on any atom is 0.212 e. The Morgan fingerprint density at radius 2 is 2.00 bits per heavy atom. The second kappa shape index (κ2) is 4.88. The lowest BCUT2D eigenvalue weighted by atomic mass is 10.1. The van der Waals surface area contributed by atoms with Crippen molar-refractivity contribution in [2.45, 2.75) is 25.8 Å². The largest absolute Gasteiger partial charge is 0.329 e. The molecule has 0 heterocycles. The number of sulfonamides is 1. The van der Waals surface area contributed by atoms with Gasteiger partial charge in [-0.05, 0) is 20.3 Å². The molecule has 0 aromatic rings. The van der Waals surface area contributed by atoms with Gasteiger partial charge < -0.3 is 5.73 Å². The SMILES string of the molecule is CC(C)(CN)NS(=O)(=O)CCCF. The molecule has 0 amide bonds. The average Bonchev–Trinajstić information content (AvgIpc) is 1.99. The molecule has 0 unspecified atom stereocenters. The van der Waals surface area contributed by atoms with E-state index in [2.05, 4.69) is 4.72 Å². The highest BCUT2D eigenvalue weighted by Gasteiger charge is 2.22. The molecule has 0 rings (SSSR count). The van der Waals surface area contributed by atoms with Gasteiger partial charge in [-0.3, -0.25) is 4.39 Å². The van der Waals surface area contributed by atoms with Gasteiger partial charge in [-0.25, -0.2) is 13.1 Å². The minimum atomic E-state index is -3.38. The van der Waals surface area contributed by atoms with E-state index < -0.39 is 22.2 Å². The molecule has 0 aliphatic heterocycles. The van der Waals surface area contributed by atoms with Crippen LogP contribution in [-0.2, 0) is 10.0 Å². The Labute approximate surface area is 78.7 Å². The summed E-state index contributed by atoms with van der Waals surface area (Å²) in [6, 6.07) is 0. The van der Waals surface area contributed by atoms with Crippen molar-refractivity contribution >= 4 is 10.0 Å². The molecule has 0 saturated heterocycles. The molecule has 80 valence electrons. The fourth-order valence-corrected chi connectivity index (χ4v) is 2.27. The molecule has 0 aliphatic carbocycles. The number of halogens is 1. The molecular weight excluding hydrogens is 195 g/mol. The summed E-state index contributed by atoms with van der Waals surface area (Å²) in [5, 5.41) is 0. The Bertz CT molecular complexity index is 239. The summed E-state index contributed by atoms with van der Waals surface area (Å²) in [5.41, 5.74) is 4.68. The summed E-state index contributed by atoms with van der Waals surface area (Å²) in [6.45, 7) is 2.95. The summed E-state index contributed by atoms with van der Waals surface area (Å²) >= 11 is 0. The molecule has 3 N–H and O–H groups in total. The van der Waals surface area contributed by atoms with Crippen molar-refractivity contribution in [1.82, 2.24) is 4.72 Å². The summed E-state index contributed by atoms with van der Waals surface area (Å²) in [4.78, 5) is 0. The fourth-order valence-electron chi connectivity index (χ4n) is 0.758. The van der Waals surface area contributed by atoms with Crippen molar-refractivity contribution in [1.29, 1.82) is 0 Å². The van der Waals surface area contributed by atoms with E-state index in [4.69, 9.17) is 5.73 Å². The molecule has 0 aromatic heterocycles. The number of rotatable bonds is 6. The zero-order valence-electron chi connectivity index (χ0n) is 8.01. The van der Waals surface area contributed by atoms with Gasteiger partial charge in [0, 0.05) is 12.1 Å². The van der Waals surface area contributed by atoms with Gasteiger partial charge in [-0.2, -0.15) is 0 Å². The molecule has 0 aromatic carbocycles. The predicted molar refractivity (Wildman–Crippen MR) is 50.6 cm³/mol. The maximum absolute atomic E-state index is 11.7. The van der Waals surface area contributed by atoms with Crippen LogP contribution in [0, 0.1) is 0 Å². The number of nitrogens with two attached hydrogens (primary N) is 1. The summed E-state index contributed by atoms with van der Waals surface area (Å²) in [5.74, 6) is -0.188. The van der Waals surface area contributed by atoms with Gasteiger partial charge in [0.25, 0.3) is 0 Å². The van der Waals surface area contributed by atoms with Crippen molar-refractivity contribution in [2.75, 3.05) is 19.0 Å². The summed E-state index contributed by atoms with van der Waals surface area (Å²) in [7, 11) is -3.38. The highest BCUT2D eigenvalue weighted by atomic mass is 32.2. The molecule has 0 fully saturated rings. The molecule has 4 nitrogen and oxygen atoms in total. The molecular formula is C7H17FN2O2S. The van der Waals surface area contributed by atoms with Crippen LogP contribution in [0.3, 0.4) is 0 Å². The number of hydrogen-bond donors (Lipinski definition) is 2. The second-order valence-electron chi connectivity index (χ2n) is 3.55. The van der Waals surface area contributed by atoms with Crippen LogP contribution in [0.15, 0.2) is 0 Å². The fraction of sp³-hybridized carbons (Fsp3) is 1.00. The molecule has 0 aliphatic rings. The van der Waals surface area contributed by atoms with Crippen LogP contribution in [0.5, 0.6) is 0 Å². The Balaban J connectivity index is 4.18. The first-order valence-electron chi connectivity index (χ1n) is 4.11. The normalized spacial score (nSPS) is 13.2. The molecule has 13 heavy (non-hydrogen) atoms. The third-order valence-electron chi connectivity index (χ3n) is 1.49. The van der Waals surface area contributed by atoms with E-state index >= 15 is 0 Å². The molecule has 0 bridgehead atoms. The zero-order valence-corrected chi connectivity index (χ0v) is 8.82. The van der Waals surface area contributed by atoms with Gasteiger partial charge in [0.1, 0.15) is 0 Å². The van der Waals surface area contributed by atoms with Crippen LogP contribution in [0.1, 0.15) is 20.3 Å². The highest BCUT2D eigenvalue weighted by molar-refractivity contribution is 7.89. The van der Waals surface area contributed by atoms with Crippen LogP contribution < -0.4 is 10.5 Å². The lowest BCUT2D eigenvalue weighted by molar-refractivity contribution is 0.454. The first-order valence-corrected chi connectivity index (χ1v) is 5.76. The molecule has 0 saturated carbocycles. The van der Waals surface area contributed by atoms with E-state index in [-0.39, 0.29) is 18.7 Å². The molecule has 0 atom stereocenters. The second-order valence-corrected chi connectivity index (χ2v) is 5.39. The molecule has 0 spiro atoms. The third kappa shape index (κ3) is 5.95. The van der Waals surface area contributed by atoms with Crippen molar-refractivity contribution in [3.05, 3.63) is 0 Å². The van der Waals surface area contributed by atoms with Gasteiger partial charge in [0.05, 0.1) is 12.4 Å². The predicted octanol–water partition coefficient (Wildman–Crippen LogP) is 0.00270. The Hall–Kier alpha value is -0.200. The quantitative estimate of drug-likeness (QED) is 0.651. The lowest BCUT2D eigenvalue weighted by Gasteiger charge is -2.23. The van der Waals surface area contributed by atoms with Crippen LogP contribution in [0.25, 0.3) is 0 Å². The first-order chi connectivity index (χ1) is 5.83. The van der Waals surface area contributed by atoms with Gasteiger partial charge in [-0.1, -0.05) is 0 Å². The Kier molecular flexibility index (Phi) is 4.80. The van der Waals surface area contributed by atoms with E-state index in [1.165, 1.54) is 0 Å². The van der Waals surface area contributed by atoms with Gasteiger partial charge >= 0.3 is 0 Å². The summed E-state index contributed by atoms with van der Waals surface area (Å²) in [6.07, 6.45) is 0.0238. The van der Waals surface area contributed by atoms with Gasteiger partial charge in [-0.15, -0.1) is 0 Å². The smallest absolute Gasteiger partial charge is 0.212 e. The van der Waals surface area contributed by atoms with Crippen molar-refractivity contribution < 1.29 is 12.8 Å². The van der Waals surface area contributed by atoms with Crippen LogP contribution in [0.2, 0.25) is 0 Å². The van der Waals surface area contributed by atoms with Crippen molar-refractivity contribution in [2.24, 2.45) is 5.73 Å². The van der Waals surface area contributed by atoms with E-state index in [1.807, 2.05) is 0 Å². The first kappa shape index (κ1) is 12.8. The van der Waals surface area contributed by atoms with Crippen molar-refractivity contribution in [3.63, 3.8) is 0 Å². The highest BCUT2D eigenvalue weighted by Crippen LogP contribution is 2.02. The van der Waals surface area contributed by atoms with Gasteiger partial charge in [0.2, 0.25) is 10.0 Å². The lowest BCUT2D eigenvalue weighted by Crippen LogP contribution is -2.49. The van der Waals surface area contributed by atoms with Crippen LogP contribution in [-0.4, -0.2) is 32.9 Å². The van der Waals surface area contributed by atoms with E-state index in [0.717, 1.165) is 0 Å². The minimum absolute atomic E-state index is 0.0238. The average molecular weight is 212 g/mol. The number of nitrogens with one attached hydrogen (secondary N) is 1. The van der Waals surface area contributed by atoms with E-state index in [1.54, 1.807) is 13.8 Å². The molecule has 0 radical (unpaired) electrons. The van der Waals surface area contributed by atoms with Crippen LogP contribution >= 0.6 is 0 Å². The Morgan fingerprint density at radius 1 is 1.46 bits per heavy atom. The monoisotopic (exact) mass is 212 g/mol. The zero-order chi connectivity index (χ0) is 10.5. The Morgan fingerprint density at radius 3 is 2.38 bits per heavy atom. The van der Waals surface area contributed by atoms with Crippen LogP contribution in [0.4, 0.5) is 4.39 Å². The number of alkyl halides is 1. The van der Waals surface area contributed by atoms with E-state index in [0.29, 0.717) is 0 Å². The maximum atomic E-state index is 11.7. The molecule has 6 heteroatoms. The minimum Gasteiger partial charge on any atom is -0.329 e. The van der Waals surface area contributed by atoms with Gasteiger partial charge in [0.15, 0.2) is 0 Å². The topological polar surface area (TPSA) is 72.2 Å². The third-order valence-corrected chi connectivity index (χ3v) is 3.18.